The van der Waals surface area contributed by atoms with Gasteiger partial charge in [-0.25, -0.2) is 4.98 Å². The molecule has 4 rings (SSSR count). The SMILES string of the molecule is COc1ccc(OCCSc2nnc(-c3ccccc3)c(-c3ccccc3)n2)cc1. The van der Waals surface area contributed by atoms with Crippen LogP contribution in [0.1, 0.15) is 0 Å². The number of ether oxygens (including phenoxy) is 2. The fourth-order valence-corrected chi connectivity index (χ4v) is 3.53. The fraction of sp³-hybridized carbons (Fsp3) is 0.125. The average Bonchev–Trinajstić information content (AvgIpc) is 2.83. The van der Waals surface area contributed by atoms with Gasteiger partial charge in [-0.3, -0.25) is 0 Å². The summed E-state index contributed by atoms with van der Waals surface area (Å²) in [4.78, 5) is 4.80. The van der Waals surface area contributed by atoms with E-state index in [9.17, 15) is 0 Å². The summed E-state index contributed by atoms with van der Waals surface area (Å²) in [5.74, 6) is 2.33. The summed E-state index contributed by atoms with van der Waals surface area (Å²) >= 11 is 1.53. The van der Waals surface area contributed by atoms with Crippen molar-refractivity contribution in [3.63, 3.8) is 0 Å². The predicted octanol–water partition coefficient (Wildman–Crippen LogP) is 5.39. The maximum Gasteiger partial charge on any atom is 0.209 e. The highest BCUT2D eigenvalue weighted by Crippen LogP contribution is 2.29. The molecule has 0 radical (unpaired) electrons. The summed E-state index contributed by atoms with van der Waals surface area (Å²) in [6, 6.07) is 27.6. The van der Waals surface area contributed by atoms with Crippen molar-refractivity contribution >= 4 is 11.8 Å². The summed E-state index contributed by atoms with van der Waals surface area (Å²) in [6.07, 6.45) is 0. The van der Waals surface area contributed by atoms with Crippen LogP contribution in [0.2, 0.25) is 0 Å². The van der Waals surface area contributed by atoms with Crippen LogP contribution in [0.4, 0.5) is 0 Å². The van der Waals surface area contributed by atoms with Gasteiger partial charge in [0.2, 0.25) is 5.16 Å². The molecule has 0 N–H and O–H groups in total. The first-order valence-electron chi connectivity index (χ1n) is 9.59. The van der Waals surface area contributed by atoms with Gasteiger partial charge in [0.1, 0.15) is 22.9 Å². The lowest BCUT2D eigenvalue weighted by Gasteiger charge is -2.10. The zero-order valence-corrected chi connectivity index (χ0v) is 17.4. The number of nitrogens with zero attached hydrogens (tertiary/aromatic N) is 3. The average molecular weight is 416 g/mol. The smallest absolute Gasteiger partial charge is 0.209 e. The van der Waals surface area contributed by atoms with Gasteiger partial charge in [0.25, 0.3) is 0 Å². The Morgan fingerprint density at radius 1 is 0.700 bits per heavy atom. The lowest BCUT2D eigenvalue weighted by molar-refractivity contribution is 0.342. The van der Waals surface area contributed by atoms with Gasteiger partial charge in [0.15, 0.2) is 0 Å². The zero-order valence-electron chi connectivity index (χ0n) is 16.6. The Bertz CT molecular complexity index is 1070. The molecule has 0 spiro atoms. The molecular formula is C24H21N3O2S. The molecular weight excluding hydrogens is 394 g/mol. The molecule has 150 valence electrons. The van der Waals surface area contributed by atoms with Crippen molar-refractivity contribution in [2.45, 2.75) is 5.16 Å². The second kappa shape index (κ2) is 9.89. The maximum atomic E-state index is 5.78. The molecule has 6 heteroatoms. The lowest BCUT2D eigenvalue weighted by Crippen LogP contribution is -2.03. The Hall–Kier alpha value is -3.38. The lowest BCUT2D eigenvalue weighted by atomic mass is 10.0. The summed E-state index contributed by atoms with van der Waals surface area (Å²) < 4.78 is 10.9. The molecule has 0 aliphatic carbocycles. The Labute approximate surface area is 180 Å². The first-order valence-corrected chi connectivity index (χ1v) is 10.6. The molecule has 4 aromatic rings. The number of methoxy groups -OCH3 is 1. The molecule has 0 amide bonds. The largest absolute Gasteiger partial charge is 0.497 e. The number of hydrogen-bond acceptors (Lipinski definition) is 6. The summed E-state index contributed by atoms with van der Waals surface area (Å²) in [7, 11) is 1.65. The van der Waals surface area contributed by atoms with E-state index in [-0.39, 0.29) is 0 Å². The standard InChI is InChI=1S/C24H21N3O2S/c1-28-20-12-14-21(15-13-20)29-16-17-30-24-25-22(18-8-4-2-5-9-18)23(26-27-24)19-10-6-3-7-11-19/h2-15H,16-17H2,1H3. The van der Waals surface area contributed by atoms with Crippen molar-refractivity contribution in [3.05, 3.63) is 84.9 Å². The maximum absolute atomic E-state index is 5.78. The minimum absolute atomic E-state index is 0.543. The van der Waals surface area contributed by atoms with Crippen LogP contribution in [0.3, 0.4) is 0 Å². The summed E-state index contributed by atoms with van der Waals surface area (Å²) in [5.41, 5.74) is 3.62. The summed E-state index contributed by atoms with van der Waals surface area (Å²) in [5, 5.41) is 9.46. The third-order valence-corrected chi connectivity index (χ3v) is 5.21. The Morgan fingerprint density at radius 3 is 1.93 bits per heavy atom. The van der Waals surface area contributed by atoms with E-state index in [1.807, 2.05) is 84.9 Å². The molecule has 0 unspecified atom stereocenters. The van der Waals surface area contributed by atoms with Crippen LogP contribution in [0.5, 0.6) is 11.5 Å². The third kappa shape index (κ3) is 4.96. The van der Waals surface area contributed by atoms with Crippen molar-refractivity contribution in [3.8, 4) is 34.0 Å². The number of aromatic nitrogens is 3. The first kappa shape index (κ1) is 19.9. The van der Waals surface area contributed by atoms with E-state index in [1.165, 1.54) is 11.8 Å². The molecule has 0 saturated heterocycles. The van der Waals surface area contributed by atoms with Gasteiger partial charge in [0, 0.05) is 16.9 Å². The molecule has 1 aromatic heterocycles. The van der Waals surface area contributed by atoms with E-state index in [2.05, 4.69) is 10.2 Å². The number of thioether (sulfide) groups is 1. The van der Waals surface area contributed by atoms with Crippen LogP contribution in [-0.4, -0.2) is 34.7 Å². The molecule has 30 heavy (non-hydrogen) atoms. The van der Waals surface area contributed by atoms with E-state index in [1.54, 1.807) is 7.11 Å². The van der Waals surface area contributed by atoms with Crippen LogP contribution in [-0.2, 0) is 0 Å². The molecule has 0 saturated carbocycles. The van der Waals surface area contributed by atoms with E-state index in [4.69, 9.17) is 14.5 Å². The molecule has 0 fully saturated rings. The number of rotatable bonds is 8. The van der Waals surface area contributed by atoms with Crippen LogP contribution in [0, 0.1) is 0 Å². The van der Waals surface area contributed by atoms with Crippen molar-refractivity contribution in [2.75, 3.05) is 19.5 Å². The molecule has 3 aromatic carbocycles. The van der Waals surface area contributed by atoms with Crippen molar-refractivity contribution in [1.82, 2.24) is 15.2 Å². The van der Waals surface area contributed by atoms with Gasteiger partial charge in [-0.05, 0) is 24.3 Å². The Kier molecular flexibility index (Phi) is 6.57. The summed E-state index contributed by atoms with van der Waals surface area (Å²) in [6.45, 7) is 0.543. The van der Waals surface area contributed by atoms with Crippen molar-refractivity contribution in [1.29, 1.82) is 0 Å². The predicted molar refractivity (Wildman–Crippen MR) is 120 cm³/mol. The number of benzene rings is 3. The highest BCUT2D eigenvalue weighted by molar-refractivity contribution is 7.99. The van der Waals surface area contributed by atoms with E-state index in [0.717, 1.165) is 34.0 Å². The number of hydrogen-bond donors (Lipinski definition) is 0. The topological polar surface area (TPSA) is 57.1 Å². The molecule has 0 bridgehead atoms. The van der Waals surface area contributed by atoms with Gasteiger partial charge >= 0.3 is 0 Å². The minimum Gasteiger partial charge on any atom is -0.497 e. The molecule has 5 nitrogen and oxygen atoms in total. The minimum atomic E-state index is 0.543. The van der Waals surface area contributed by atoms with Crippen LogP contribution in [0.15, 0.2) is 90.1 Å². The van der Waals surface area contributed by atoms with Gasteiger partial charge < -0.3 is 9.47 Å². The van der Waals surface area contributed by atoms with Gasteiger partial charge in [0.05, 0.1) is 13.7 Å². The second-order valence-electron chi connectivity index (χ2n) is 6.40. The molecule has 0 aliphatic heterocycles. The first-order chi connectivity index (χ1) is 14.8. The van der Waals surface area contributed by atoms with Crippen LogP contribution in [0.25, 0.3) is 22.5 Å². The normalized spacial score (nSPS) is 10.6. The Balaban J connectivity index is 1.47. The van der Waals surface area contributed by atoms with Crippen molar-refractivity contribution in [2.24, 2.45) is 0 Å². The molecule has 0 aliphatic rings. The highest BCUT2D eigenvalue weighted by atomic mass is 32.2. The van der Waals surface area contributed by atoms with E-state index in [0.29, 0.717) is 17.5 Å². The van der Waals surface area contributed by atoms with Gasteiger partial charge in [-0.15, -0.1) is 10.2 Å². The second-order valence-corrected chi connectivity index (χ2v) is 7.46. The van der Waals surface area contributed by atoms with Gasteiger partial charge in [-0.2, -0.15) is 0 Å². The zero-order chi connectivity index (χ0) is 20.6. The Morgan fingerprint density at radius 2 is 1.30 bits per heavy atom. The van der Waals surface area contributed by atoms with Gasteiger partial charge in [-0.1, -0.05) is 72.4 Å². The van der Waals surface area contributed by atoms with Crippen molar-refractivity contribution < 1.29 is 9.47 Å². The third-order valence-electron chi connectivity index (χ3n) is 4.40. The highest BCUT2D eigenvalue weighted by Gasteiger charge is 2.13. The molecule has 1 heterocycles. The van der Waals surface area contributed by atoms with E-state index < -0.39 is 0 Å². The van der Waals surface area contributed by atoms with Crippen LogP contribution < -0.4 is 9.47 Å². The quantitative estimate of drug-likeness (QED) is 0.284. The fourth-order valence-electron chi connectivity index (χ4n) is 2.92. The van der Waals surface area contributed by atoms with Crippen LogP contribution >= 0.6 is 11.8 Å². The molecule has 0 atom stereocenters. The monoisotopic (exact) mass is 415 g/mol. The van der Waals surface area contributed by atoms with E-state index >= 15 is 0 Å².